The van der Waals surface area contributed by atoms with E-state index < -0.39 is 0 Å². The van der Waals surface area contributed by atoms with Crippen molar-refractivity contribution in [1.82, 2.24) is 9.88 Å². The zero-order chi connectivity index (χ0) is 24.3. The number of rotatable bonds is 12. The summed E-state index contributed by atoms with van der Waals surface area (Å²) < 4.78 is 0. The van der Waals surface area contributed by atoms with Crippen molar-refractivity contribution in [1.29, 1.82) is 0 Å². The molecule has 2 aliphatic rings. The minimum atomic E-state index is 0.351. The topological polar surface area (TPSA) is 36.4 Å². The zero-order valence-corrected chi connectivity index (χ0v) is 22.2. The molecule has 1 aromatic carbocycles. The predicted octanol–water partition coefficient (Wildman–Crippen LogP) is 7.62. The third kappa shape index (κ3) is 7.65. The number of halogens is 1. The lowest BCUT2D eigenvalue weighted by Gasteiger charge is -2.30. The van der Waals surface area contributed by atoms with Crippen LogP contribution in [0.3, 0.4) is 0 Å². The molecule has 1 saturated heterocycles. The minimum Gasteiger partial charge on any atom is -0.396 e. The van der Waals surface area contributed by atoms with Crippen LogP contribution in [0.25, 0.3) is 5.57 Å². The average Bonchev–Trinajstić information content (AvgIpc) is 3.04. The highest BCUT2D eigenvalue weighted by molar-refractivity contribution is 6.30. The molecule has 1 aliphatic heterocycles. The Morgan fingerprint density at radius 2 is 1.43 bits per heavy atom. The van der Waals surface area contributed by atoms with Gasteiger partial charge in [-0.05, 0) is 80.0 Å². The van der Waals surface area contributed by atoms with Gasteiger partial charge in [0, 0.05) is 36.5 Å². The van der Waals surface area contributed by atoms with Gasteiger partial charge in [-0.2, -0.15) is 0 Å². The SMILES string of the molecule is OCCCCCCCCCCCCN1CCC(=C2c3ccc(Cl)cc3CCc3cccnc32)CC1. The number of aryl methyl sites for hydroxylation is 2. The zero-order valence-electron chi connectivity index (χ0n) is 21.4. The molecule has 2 heterocycles. The first kappa shape index (κ1) is 26.4. The van der Waals surface area contributed by atoms with Crippen LogP contribution < -0.4 is 0 Å². The van der Waals surface area contributed by atoms with Crippen molar-refractivity contribution in [2.24, 2.45) is 0 Å². The smallest absolute Gasteiger partial charge is 0.0739 e. The van der Waals surface area contributed by atoms with Gasteiger partial charge < -0.3 is 10.0 Å². The van der Waals surface area contributed by atoms with Crippen LogP contribution in [-0.2, 0) is 12.8 Å². The van der Waals surface area contributed by atoms with E-state index in [-0.39, 0.29) is 0 Å². The maximum Gasteiger partial charge on any atom is 0.0739 e. The summed E-state index contributed by atoms with van der Waals surface area (Å²) in [6, 6.07) is 10.8. The number of hydrogen-bond donors (Lipinski definition) is 1. The van der Waals surface area contributed by atoms with Crippen LogP contribution in [-0.4, -0.2) is 41.2 Å². The molecule has 1 fully saturated rings. The lowest BCUT2D eigenvalue weighted by atomic mass is 9.88. The fraction of sp³-hybridized carbons (Fsp3) is 0.581. The third-order valence-electron chi connectivity index (χ3n) is 7.82. The van der Waals surface area contributed by atoms with Gasteiger partial charge in [-0.3, -0.25) is 4.98 Å². The molecule has 1 aromatic heterocycles. The molecule has 4 heteroatoms. The molecule has 2 aromatic rings. The molecule has 3 nitrogen and oxygen atoms in total. The predicted molar refractivity (Wildman–Crippen MR) is 148 cm³/mol. The summed E-state index contributed by atoms with van der Waals surface area (Å²) in [6.07, 6.45) is 19.3. The average molecular weight is 495 g/mol. The molecule has 0 radical (unpaired) electrons. The molecule has 0 saturated carbocycles. The number of fused-ring (bicyclic) bond motifs is 2. The van der Waals surface area contributed by atoms with Crippen molar-refractivity contribution < 1.29 is 5.11 Å². The number of piperidine rings is 1. The number of hydrogen-bond acceptors (Lipinski definition) is 3. The summed E-state index contributed by atoms with van der Waals surface area (Å²) in [5.74, 6) is 0. The Balaban J connectivity index is 1.26. The molecule has 0 unspecified atom stereocenters. The molecule has 1 N–H and O–H groups in total. The van der Waals surface area contributed by atoms with E-state index in [2.05, 4.69) is 29.2 Å². The Hall–Kier alpha value is -1.68. The number of aliphatic hydroxyl groups is 1. The van der Waals surface area contributed by atoms with E-state index in [0.29, 0.717) is 6.61 Å². The highest BCUT2D eigenvalue weighted by Gasteiger charge is 2.25. The molecule has 0 atom stereocenters. The van der Waals surface area contributed by atoms with Gasteiger partial charge in [-0.1, -0.05) is 80.7 Å². The van der Waals surface area contributed by atoms with E-state index in [1.165, 1.54) is 92.3 Å². The van der Waals surface area contributed by atoms with E-state index in [9.17, 15) is 0 Å². The first-order valence-corrected chi connectivity index (χ1v) is 14.4. The van der Waals surface area contributed by atoms with Crippen molar-refractivity contribution in [3.63, 3.8) is 0 Å². The lowest BCUT2D eigenvalue weighted by Crippen LogP contribution is -2.32. The quantitative estimate of drug-likeness (QED) is 0.308. The number of pyridine rings is 1. The molecule has 1 aliphatic carbocycles. The molecular weight excluding hydrogens is 452 g/mol. The summed E-state index contributed by atoms with van der Waals surface area (Å²) in [5.41, 5.74) is 8.25. The first-order chi connectivity index (χ1) is 17.3. The number of unbranched alkanes of at least 4 members (excludes halogenated alkanes) is 9. The molecule has 0 bridgehead atoms. The highest BCUT2D eigenvalue weighted by Crippen LogP contribution is 2.38. The normalized spacial score (nSPS) is 16.2. The summed E-state index contributed by atoms with van der Waals surface area (Å²) in [6.45, 7) is 3.92. The van der Waals surface area contributed by atoms with Gasteiger partial charge >= 0.3 is 0 Å². The second-order valence-electron chi connectivity index (χ2n) is 10.4. The molecular formula is C31H43ClN2O. The Morgan fingerprint density at radius 1 is 0.771 bits per heavy atom. The van der Waals surface area contributed by atoms with E-state index >= 15 is 0 Å². The number of nitrogens with zero attached hydrogens (tertiary/aromatic N) is 2. The summed E-state index contributed by atoms with van der Waals surface area (Å²) >= 11 is 6.37. The van der Waals surface area contributed by atoms with E-state index in [1.807, 2.05) is 12.3 Å². The van der Waals surface area contributed by atoms with Crippen LogP contribution in [0.1, 0.15) is 99.4 Å². The van der Waals surface area contributed by atoms with Gasteiger partial charge in [0.15, 0.2) is 0 Å². The fourth-order valence-corrected chi connectivity index (χ4v) is 5.99. The van der Waals surface area contributed by atoms with Crippen molar-refractivity contribution in [2.45, 2.75) is 89.9 Å². The van der Waals surface area contributed by atoms with Gasteiger partial charge in [-0.25, -0.2) is 0 Å². The first-order valence-electron chi connectivity index (χ1n) is 14.0. The number of aromatic nitrogens is 1. The van der Waals surface area contributed by atoms with Gasteiger partial charge in [0.1, 0.15) is 0 Å². The maximum absolute atomic E-state index is 8.83. The van der Waals surface area contributed by atoms with Gasteiger partial charge in [0.25, 0.3) is 0 Å². The van der Waals surface area contributed by atoms with Crippen LogP contribution in [0.15, 0.2) is 42.1 Å². The van der Waals surface area contributed by atoms with Gasteiger partial charge in [0.05, 0.1) is 5.69 Å². The van der Waals surface area contributed by atoms with Crippen LogP contribution in [0.4, 0.5) is 0 Å². The Labute approximate surface area is 217 Å². The van der Waals surface area contributed by atoms with Crippen LogP contribution >= 0.6 is 11.6 Å². The van der Waals surface area contributed by atoms with Crippen LogP contribution in [0, 0.1) is 0 Å². The lowest BCUT2D eigenvalue weighted by molar-refractivity contribution is 0.250. The van der Waals surface area contributed by atoms with Gasteiger partial charge in [-0.15, -0.1) is 0 Å². The Bertz CT molecular complexity index is 960. The van der Waals surface area contributed by atoms with E-state index in [4.69, 9.17) is 21.7 Å². The summed E-state index contributed by atoms with van der Waals surface area (Å²) in [4.78, 5) is 7.54. The molecule has 4 rings (SSSR count). The van der Waals surface area contributed by atoms with Crippen molar-refractivity contribution in [3.8, 4) is 0 Å². The number of benzene rings is 1. The number of likely N-dealkylation sites (tertiary alicyclic amines) is 1. The monoisotopic (exact) mass is 494 g/mol. The van der Waals surface area contributed by atoms with Crippen molar-refractivity contribution in [2.75, 3.05) is 26.2 Å². The maximum atomic E-state index is 8.83. The second kappa shape index (κ2) is 14.2. The minimum absolute atomic E-state index is 0.351. The van der Waals surface area contributed by atoms with Crippen LogP contribution in [0.2, 0.25) is 5.02 Å². The van der Waals surface area contributed by atoms with Crippen molar-refractivity contribution >= 4 is 17.2 Å². The van der Waals surface area contributed by atoms with Crippen LogP contribution in [0.5, 0.6) is 0 Å². The Kier molecular flexibility index (Phi) is 10.7. The molecule has 190 valence electrons. The standard InChI is InChI=1S/C31H43ClN2O/c32-28-15-16-29-27(24-28)14-13-26-12-11-19-33-31(26)30(29)25-17-21-34(22-18-25)20-9-7-5-3-1-2-4-6-8-10-23-35/h11-12,15-16,19,24,35H,1-10,13-14,17-18,20-23H2. The summed E-state index contributed by atoms with van der Waals surface area (Å²) in [7, 11) is 0. The summed E-state index contributed by atoms with van der Waals surface area (Å²) in [5, 5.41) is 9.67. The largest absolute Gasteiger partial charge is 0.396 e. The van der Waals surface area contributed by atoms with Gasteiger partial charge in [0.2, 0.25) is 0 Å². The van der Waals surface area contributed by atoms with E-state index in [1.54, 1.807) is 5.57 Å². The highest BCUT2D eigenvalue weighted by atomic mass is 35.5. The fourth-order valence-electron chi connectivity index (χ4n) is 5.79. The second-order valence-corrected chi connectivity index (χ2v) is 10.8. The van der Waals surface area contributed by atoms with Crippen molar-refractivity contribution in [3.05, 3.63) is 69.5 Å². The molecule has 35 heavy (non-hydrogen) atoms. The third-order valence-corrected chi connectivity index (χ3v) is 8.06. The number of aliphatic hydroxyl groups excluding tert-OH is 1. The molecule has 0 amide bonds. The Morgan fingerprint density at radius 3 is 2.14 bits per heavy atom. The molecule has 0 spiro atoms. The van der Waals surface area contributed by atoms with E-state index in [0.717, 1.165) is 50.2 Å².